The molecule has 82 valence electrons. The lowest BCUT2D eigenvalue weighted by molar-refractivity contribution is 0.0278. The number of carbonyl (C=O) groups is 1. The van der Waals surface area contributed by atoms with Gasteiger partial charge in [0.25, 0.3) is 0 Å². The second kappa shape index (κ2) is 4.45. The van der Waals surface area contributed by atoms with Crippen LogP contribution >= 0.6 is 9.47 Å². The van der Waals surface area contributed by atoms with E-state index in [1.165, 1.54) is 0 Å². The first kappa shape index (κ1) is 11.7. The van der Waals surface area contributed by atoms with E-state index in [1.54, 1.807) is 4.90 Å². The smallest absolute Gasteiger partial charge is 0.410 e. The van der Waals surface area contributed by atoms with Gasteiger partial charge in [-0.15, -0.1) is 0 Å². The zero-order valence-corrected chi connectivity index (χ0v) is 10.1. The quantitative estimate of drug-likeness (QED) is 0.631. The van der Waals surface area contributed by atoms with Crippen molar-refractivity contribution >= 4 is 15.6 Å². The number of hydrogen-bond donors (Lipinski definition) is 0. The van der Waals surface area contributed by atoms with Crippen molar-refractivity contribution in [2.24, 2.45) is 0 Å². The molecule has 0 N–H and O–H groups in total. The first-order chi connectivity index (χ1) is 6.42. The fourth-order valence-electron chi connectivity index (χ4n) is 1.33. The third kappa shape index (κ3) is 3.43. The Morgan fingerprint density at radius 3 is 2.57 bits per heavy atom. The lowest BCUT2D eigenvalue weighted by Crippen LogP contribution is -2.35. The molecule has 1 rings (SSSR count). The van der Waals surface area contributed by atoms with Gasteiger partial charge < -0.3 is 14.2 Å². The molecule has 1 fully saturated rings. The molecule has 1 amide bonds. The summed E-state index contributed by atoms with van der Waals surface area (Å²) in [5.41, 5.74) is -0.420. The number of nitrogens with zero attached hydrogens (tertiary/aromatic N) is 1. The van der Waals surface area contributed by atoms with Gasteiger partial charge in [-0.1, -0.05) is 0 Å². The molecule has 2 atom stereocenters. The maximum absolute atomic E-state index is 11.6. The molecule has 0 bridgehead atoms. The van der Waals surface area contributed by atoms with Crippen LogP contribution in [-0.4, -0.2) is 35.8 Å². The Balaban J connectivity index is 2.40. The first-order valence-corrected chi connectivity index (χ1v) is 5.23. The van der Waals surface area contributed by atoms with E-state index in [1.807, 2.05) is 20.8 Å². The summed E-state index contributed by atoms with van der Waals surface area (Å²) in [4.78, 5) is 13.2. The highest BCUT2D eigenvalue weighted by atomic mass is 31.0. The average Bonchev–Trinajstić information content (AvgIpc) is 2.48. The Bertz CT molecular complexity index is 215. The predicted molar refractivity (Wildman–Crippen MR) is 57.0 cm³/mol. The van der Waals surface area contributed by atoms with Crippen molar-refractivity contribution in [1.29, 1.82) is 0 Å². The Labute approximate surface area is 87.2 Å². The van der Waals surface area contributed by atoms with Gasteiger partial charge in [0.2, 0.25) is 0 Å². The van der Waals surface area contributed by atoms with Crippen LogP contribution in [0.1, 0.15) is 27.2 Å². The molecule has 0 aromatic carbocycles. The summed E-state index contributed by atoms with van der Waals surface area (Å²) < 4.78 is 10.3. The highest BCUT2D eigenvalue weighted by molar-refractivity contribution is 7.09. The number of hydrogen-bond acceptors (Lipinski definition) is 3. The molecule has 1 aliphatic rings. The molecule has 0 aromatic rings. The van der Waals surface area contributed by atoms with Crippen LogP contribution < -0.4 is 0 Å². The summed E-state index contributed by atoms with van der Waals surface area (Å²) in [7, 11) is 2.23. The summed E-state index contributed by atoms with van der Waals surface area (Å²) in [6.07, 6.45) is 0.762. The summed E-state index contributed by atoms with van der Waals surface area (Å²) in [5.74, 6) is 0. The van der Waals surface area contributed by atoms with Gasteiger partial charge in [-0.2, -0.15) is 0 Å². The SMILES string of the molecule is CC(C)(C)OC(=O)N1CCC(OP)C1. The van der Waals surface area contributed by atoms with Gasteiger partial charge >= 0.3 is 6.09 Å². The number of likely N-dealkylation sites (tertiary alicyclic amines) is 1. The van der Waals surface area contributed by atoms with Gasteiger partial charge in [-0.25, -0.2) is 4.79 Å². The van der Waals surface area contributed by atoms with Crippen LogP contribution in [0.5, 0.6) is 0 Å². The molecule has 0 aromatic heterocycles. The lowest BCUT2D eigenvalue weighted by Gasteiger charge is -2.24. The largest absolute Gasteiger partial charge is 0.444 e. The number of ether oxygens (including phenoxy) is 1. The van der Waals surface area contributed by atoms with Crippen LogP contribution in [0, 0.1) is 0 Å². The van der Waals surface area contributed by atoms with Gasteiger partial charge in [-0.05, 0) is 27.2 Å². The zero-order valence-electron chi connectivity index (χ0n) is 8.95. The molecule has 0 spiro atoms. The molecular weight excluding hydrogens is 201 g/mol. The van der Waals surface area contributed by atoms with E-state index >= 15 is 0 Å². The van der Waals surface area contributed by atoms with Gasteiger partial charge in [-0.3, -0.25) is 0 Å². The normalized spacial score (nSPS) is 22.6. The lowest BCUT2D eigenvalue weighted by atomic mass is 10.2. The Morgan fingerprint density at radius 2 is 2.14 bits per heavy atom. The Kier molecular flexibility index (Phi) is 3.73. The fourth-order valence-corrected chi connectivity index (χ4v) is 1.55. The average molecular weight is 219 g/mol. The highest BCUT2D eigenvalue weighted by Crippen LogP contribution is 2.18. The van der Waals surface area contributed by atoms with E-state index in [-0.39, 0.29) is 12.2 Å². The van der Waals surface area contributed by atoms with Crippen molar-refractivity contribution in [3.8, 4) is 0 Å². The van der Waals surface area contributed by atoms with Crippen molar-refractivity contribution < 1.29 is 14.1 Å². The molecule has 0 radical (unpaired) electrons. The van der Waals surface area contributed by atoms with Crippen LogP contribution in [-0.2, 0) is 9.26 Å². The van der Waals surface area contributed by atoms with Gasteiger partial charge in [0.05, 0.1) is 12.6 Å². The molecule has 1 heterocycles. The molecule has 14 heavy (non-hydrogen) atoms. The van der Waals surface area contributed by atoms with Crippen molar-refractivity contribution in [3.05, 3.63) is 0 Å². The molecule has 2 unspecified atom stereocenters. The van der Waals surface area contributed by atoms with Gasteiger partial charge in [0, 0.05) is 16.0 Å². The van der Waals surface area contributed by atoms with E-state index in [2.05, 4.69) is 9.47 Å². The summed E-state index contributed by atoms with van der Waals surface area (Å²) >= 11 is 0. The van der Waals surface area contributed by atoms with Crippen molar-refractivity contribution in [2.75, 3.05) is 13.1 Å². The van der Waals surface area contributed by atoms with Crippen LogP contribution in [0.15, 0.2) is 0 Å². The van der Waals surface area contributed by atoms with Gasteiger partial charge in [0.15, 0.2) is 0 Å². The standard InChI is InChI=1S/C9H18NO3P/c1-9(2,3)12-8(11)10-5-4-7(6-10)13-14/h7H,4-6,14H2,1-3H3. The molecule has 4 nitrogen and oxygen atoms in total. The van der Waals surface area contributed by atoms with Crippen molar-refractivity contribution in [1.82, 2.24) is 4.90 Å². The summed E-state index contributed by atoms with van der Waals surface area (Å²) in [5, 5.41) is 0. The molecule has 0 aliphatic carbocycles. The maximum atomic E-state index is 11.6. The van der Waals surface area contributed by atoms with Crippen molar-refractivity contribution in [2.45, 2.75) is 38.9 Å². The second-order valence-corrected chi connectivity index (χ2v) is 4.75. The predicted octanol–water partition coefficient (Wildman–Crippen LogP) is 1.80. The summed E-state index contributed by atoms with van der Waals surface area (Å²) in [6, 6.07) is 0. The van der Waals surface area contributed by atoms with E-state index < -0.39 is 5.60 Å². The minimum atomic E-state index is -0.420. The highest BCUT2D eigenvalue weighted by Gasteiger charge is 2.29. The molecule has 1 aliphatic heterocycles. The van der Waals surface area contributed by atoms with E-state index in [0.29, 0.717) is 13.1 Å². The van der Waals surface area contributed by atoms with E-state index in [0.717, 1.165) is 6.42 Å². The maximum Gasteiger partial charge on any atom is 0.410 e. The number of amides is 1. The molecule has 0 saturated carbocycles. The van der Waals surface area contributed by atoms with Crippen LogP contribution in [0.3, 0.4) is 0 Å². The number of carbonyl (C=O) groups excluding carboxylic acids is 1. The van der Waals surface area contributed by atoms with Crippen LogP contribution in [0.4, 0.5) is 4.79 Å². The molecular formula is C9H18NO3P. The number of rotatable bonds is 1. The summed E-state index contributed by atoms with van der Waals surface area (Å²) in [6.45, 7) is 6.94. The van der Waals surface area contributed by atoms with Gasteiger partial charge in [0.1, 0.15) is 5.60 Å². The minimum absolute atomic E-state index is 0.132. The van der Waals surface area contributed by atoms with Crippen LogP contribution in [0.2, 0.25) is 0 Å². The Hall–Kier alpha value is -0.340. The minimum Gasteiger partial charge on any atom is -0.444 e. The topological polar surface area (TPSA) is 38.8 Å². The third-order valence-corrected chi connectivity index (χ3v) is 2.37. The van der Waals surface area contributed by atoms with Crippen molar-refractivity contribution in [3.63, 3.8) is 0 Å². The van der Waals surface area contributed by atoms with Crippen LogP contribution in [0.25, 0.3) is 0 Å². The zero-order chi connectivity index (χ0) is 10.8. The fraction of sp³-hybridized carbons (Fsp3) is 0.889. The molecule has 1 saturated heterocycles. The molecule has 5 heteroatoms. The third-order valence-electron chi connectivity index (χ3n) is 1.99. The van der Waals surface area contributed by atoms with E-state index in [4.69, 9.17) is 9.26 Å². The second-order valence-electron chi connectivity index (χ2n) is 4.47. The monoisotopic (exact) mass is 219 g/mol. The Morgan fingerprint density at radius 1 is 1.50 bits per heavy atom. The van der Waals surface area contributed by atoms with E-state index in [9.17, 15) is 4.79 Å². The first-order valence-electron chi connectivity index (χ1n) is 4.76.